The molecule has 0 radical (unpaired) electrons. The summed E-state index contributed by atoms with van der Waals surface area (Å²) in [4.78, 5) is 49.6. The highest BCUT2D eigenvalue weighted by Gasteiger charge is 2.31. The molecule has 2 aliphatic heterocycles. The summed E-state index contributed by atoms with van der Waals surface area (Å²) in [5, 5.41) is 11.4. The molecule has 154 valence electrons. The molecule has 0 spiro atoms. The Kier molecular flexibility index (Phi) is 4.99. The number of piperidine rings is 2. The lowest BCUT2D eigenvalue weighted by atomic mass is 9.90. The van der Waals surface area contributed by atoms with Gasteiger partial charge in [-0.2, -0.15) is 0 Å². The van der Waals surface area contributed by atoms with Gasteiger partial charge in [-0.1, -0.05) is 6.07 Å². The fraction of sp³-hybridized carbons (Fsp3) is 0.500. The third kappa shape index (κ3) is 3.57. The number of carboxylic acids is 1. The van der Waals surface area contributed by atoms with Crippen LogP contribution in [0.1, 0.15) is 43.2 Å². The lowest BCUT2D eigenvalue weighted by Gasteiger charge is -2.31. The van der Waals surface area contributed by atoms with Crippen molar-refractivity contribution in [2.24, 2.45) is 7.05 Å². The zero-order valence-electron chi connectivity index (χ0n) is 16.3. The van der Waals surface area contributed by atoms with E-state index in [1.807, 2.05) is 23.1 Å². The van der Waals surface area contributed by atoms with Gasteiger partial charge in [-0.15, -0.1) is 0 Å². The van der Waals surface area contributed by atoms with Gasteiger partial charge >= 0.3 is 11.7 Å². The molecule has 2 N–H and O–H groups in total. The predicted molar refractivity (Wildman–Crippen MR) is 105 cm³/mol. The van der Waals surface area contributed by atoms with Crippen LogP contribution < -0.4 is 11.0 Å². The molecule has 29 heavy (non-hydrogen) atoms. The molecule has 2 aromatic rings. The monoisotopic (exact) mass is 400 g/mol. The first-order valence-corrected chi connectivity index (χ1v) is 9.84. The van der Waals surface area contributed by atoms with Gasteiger partial charge in [0.15, 0.2) is 0 Å². The van der Waals surface area contributed by atoms with Gasteiger partial charge in [0.2, 0.25) is 11.8 Å². The molecule has 9 nitrogen and oxygen atoms in total. The van der Waals surface area contributed by atoms with E-state index >= 15 is 0 Å². The number of aliphatic carboxylic acids is 1. The summed E-state index contributed by atoms with van der Waals surface area (Å²) < 4.78 is 3.00. The normalized spacial score (nSPS) is 23.3. The van der Waals surface area contributed by atoms with E-state index < -0.39 is 17.9 Å². The second kappa shape index (κ2) is 7.47. The minimum Gasteiger partial charge on any atom is -0.480 e. The van der Waals surface area contributed by atoms with Crippen molar-refractivity contribution in [1.29, 1.82) is 0 Å². The summed E-state index contributed by atoms with van der Waals surface area (Å²) in [5.41, 5.74) is 2.16. The average Bonchev–Trinajstić information content (AvgIpc) is 2.92. The number of likely N-dealkylation sites (tertiary alicyclic amines) is 1. The third-order valence-electron chi connectivity index (χ3n) is 5.97. The zero-order chi connectivity index (χ0) is 20.7. The Morgan fingerprint density at radius 3 is 2.72 bits per heavy atom. The Bertz CT molecular complexity index is 1050. The summed E-state index contributed by atoms with van der Waals surface area (Å²) >= 11 is 0. The highest BCUT2D eigenvalue weighted by molar-refractivity contribution is 6.00. The smallest absolute Gasteiger partial charge is 0.329 e. The van der Waals surface area contributed by atoms with Crippen molar-refractivity contribution in [3.8, 4) is 0 Å². The number of aromatic nitrogens is 2. The Labute approximate surface area is 166 Å². The first kappa shape index (κ1) is 19.4. The fourth-order valence-electron chi connectivity index (χ4n) is 4.53. The molecule has 4 rings (SSSR count). The van der Waals surface area contributed by atoms with Crippen LogP contribution in [-0.2, 0) is 21.4 Å². The molecule has 0 saturated carbocycles. The van der Waals surface area contributed by atoms with Crippen molar-refractivity contribution in [2.75, 3.05) is 19.6 Å². The summed E-state index contributed by atoms with van der Waals surface area (Å²) in [6.45, 7) is 1.47. The first-order valence-electron chi connectivity index (χ1n) is 9.84. The molecule has 1 unspecified atom stereocenters. The van der Waals surface area contributed by atoms with Crippen LogP contribution in [0.3, 0.4) is 0 Å². The molecule has 3 heterocycles. The largest absolute Gasteiger partial charge is 0.480 e. The number of nitrogens with zero attached hydrogens (tertiary/aromatic N) is 3. The number of carbonyl (C=O) groups is 3. The maximum atomic E-state index is 12.9. The lowest BCUT2D eigenvalue weighted by molar-refractivity contribution is -0.139. The SMILES string of the molecule is Cn1c(=O)n(C2CCC(=O)NC2=O)c2ccc([C@@H]3CCCN(CC(=O)O)C3)cc21. The number of imide groups is 1. The van der Waals surface area contributed by atoms with Gasteiger partial charge in [-0.25, -0.2) is 4.79 Å². The highest BCUT2D eigenvalue weighted by Crippen LogP contribution is 2.30. The number of benzene rings is 1. The van der Waals surface area contributed by atoms with Crippen LogP contribution >= 0.6 is 0 Å². The van der Waals surface area contributed by atoms with Gasteiger partial charge < -0.3 is 5.11 Å². The van der Waals surface area contributed by atoms with E-state index in [9.17, 15) is 19.2 Å². The van der Waals surface area contributed by atoms with E-state index in [1.54, 1.807) is 7.05 Å². The van der Waals surface area contributed by atoms with Crippen LogP contribution in [0.25, 0.3) is 11.0 Å². The standard InChI is InChI=1S/C20H24N4O5/c1-22-16-9-12(13-3-2-8-23(10-13)11-18(26)27)4-5-14(16)24(20(22)29)15-6-7-17(25)21-19(15)28/h4-5,9,13,15H,2-3,6-8,10-11H2,1H3,(H,26,27)(H,21,25,28)/t13-,15?/m1/s1. The van der Waals surface area contributed by atoms with Crippen molar-refractivity contribution in [2.45, 2.75) is 37.6 Å². The predicted octanol–water partition coefficient (Wildman–Crippen LogP) is 0.582. The number of carbonyl (C=O) groups excluding carboxylic acids is 2. The van der Waals surface area contributed by atoms with E-state index in [0.717, 1.165) is 30.5 Å². The molecule has 2 atom stereocenters. The molecule has 2 aliphatic rings. The first-order chi connectivity index (χ1) is 13.8. The fourth-order valence-corrected chi connectivity index (χ4v) is 4.53. The number of nitrogens with one attached hydrogen (secondary N) is 1. The number of aryl methyl sites for hydroxylation is 1. The highest BCUT2D eigenvalue weighted by atomic mass is 16.4. The molecular weight excluding hydrogens is 376 g/mol. The van der Waals surface area contributed by atoms with Gasteiger partial charge in [0.1, 0.15) is 6.04 Å². The molecule has 2 amide bonds. The van der Waals surface area contributed by atoms with Crippen molar-refractivity contribution < 1.29 is 19.5 Å². The molecule has 2 fully saturated rings. The van der Waals surface area contributed by atoms with E-state index in [2.05, 4.69) is 5.32 Å². The quantitative estimate of drug-likeness (QED) is 0.726. The lowest BCUT2D eigenvalue weighted by Crippen LogP contribution is -2.44. The van der Waals surface area contributed by atoms with Crippen LogP contribution in [0.4, 0.5) is 0 Å². The van der Waals surface area contributed by atoms with Gasteiger partial charge in [0.25, 0.3) is 0 Å². The molecule has 0 aliphatic carbocycles. The minimum absolute atomic E-state index is 0.0309. The summed E-state index contributed by atoms with van der Waals surface area (Å²) in [7, 11) is 1.68. The van der Waals surface area contributed by atoms with Crippen molar-refractivity contribution in [1.82, 2.24) is 19.4 Å². The number of imidazole rings is 1. The van der Waals surface area contributed by atoms with Gasteiger partial charge in [0.05, 0.1) is 17.6 Å². The number of hydrogen-bond donors (Lipinski definition) is 2. The maximum Gasteiger partial charge on any atom is 0.329 e. The van der Waals surface area contributed by atoms with Gasteiger partial charge in [0, 0.05) is 20.0 Å². The zero-order valence-corrected chi connectivity index (χ0v) is 16.3. The van der Waals surface area contributed by atoms with Crippen LogP contribution in [0.2, 0.25) is 0 Å². The molecule has 0 bridgehead atoms. The molecular formula is C20H24N4O5. The Morgan fingerprint density at radius 2 is 2.00 bits per heavy atom. The van der Waals surface area contributed by atoms with Crippen LogP contribution in [0.15, 0.2) is 23.0 Å². The maximum absolute atomic E-state index is 12.9. The number of carboxylic acid groups (broad SMARTS) is 1. The average molecular weight is 400 g/mol. The topological polar surface area (TPSA) is 114 Å². The summed E-state index contributed by atoms with van der Waals surface area (Å²) in [6.07, 6.45) is 2.40. The minimum atomic E-state index is -0.829. The van der Waals surface area contributed by atoms with E-state index in [0.29, 0.717) is 18.5 Å². The second-order valence-electron chi connectivity index (χ2n) is 7.89. The number of rotatable bonds is 4. The third-order valence-corrected chi connectivity index (χ3v) is 5.97. The molecule has 1 aromatic carbocycles. The van der Waals surface area contributed by atoms with Crippen LogP contribution in [0, 0.1) is 0 Å². The van der Waals surface area contributed by atoms with Crippen LogP contribution in [-0.4, -0.2) is 56.6 Å². The number of hydrogen-bond acceptors (Lipinski definition) is 5. The van der Waals surface area contributed by atoms with Gasteiger partial charge in [-0.3, -0.25) is 33.7 Å². The number of amides is 2. The summed E-state index contributed by atoms with van der Waals surface area (Å²) in [6, 6.07) is 5.08. The van der Waals surface area contributed by atoms with Crippen molar-refractivity contribution in [3.63, 3.8) is 0 Å². The van der Waals surface area contributed by atoms with E-state index in [4.69, 9.17) is 5.11 Å². The Balaban J connectivity index is 1.68. The second-order valence-corrected chi connectivity index (χ2v) is 7.89. The van der Waals surface area contributed by atoms with Gasteiger partial charge in [-0.05, 0) is 49.4 Å². The van der Waals surface area contributed by atoms with Crippen molar-refractivity contribution in [3.05, 3.63) is 34.2 Å². The van der Waals surface area contributed by atoms with Crippen LogP contribution in [0.5, 0.6) is 0 Å². The molecule has 9 heteroatoms. The Morgan fingerprint density at radius 1 is 1.21 bits per heavy atom. The molecule has 1 aromatic heterocycles. The molecule has 2 saturated heterocycles. The number of fused-ring (bicyclic) bond motifs is 1. The van der Waals surface area contributed by atoms with E-state index in [-0.39, 0.29) is 30.5 Å². The Hall–Kier alpha value is -2.94. The van der Waals surface area contributed by atoms with E-state index in [1.165, 1.54) is 9.13 Å². The summed E-state index contributed by atoms with van der Waals surface area (Å²) in [5.74, 6) is -1.40. The van der Waals surface area contributed by atoms with Crippen molar-refractivity contribution >= 4 is 28.8 Å².